The molecule has 3 aromatic rings. The third kappa shape index (κ3) is 4.20. The molecule has 0 saturated heterocycles. The summed E-state index contributed by atoms with van der Waals surface area (Å²) in [6.45, 7) is 2.14. The second kappa shape index (κ2) is 8.78. The molecule has 150 valence electrons. The zero-order chi connectivity index (χ0) is 20.2. The minimum absolute atomic E-state index is 0.0675. The number of ether oxygens (including phenoxy) is 1. The number of fused-ring (bicyclic) bond motifs is 2. The molecule has 1 aliphatic carbocycles. The summed E-state index contributed by atoms with van der Waals surface area (Å²) in [6.07, 6.45) is 5.09. The standard InChI is InChI=1S/C24H25NO3S/c1-2-28-24(27)22-19-12-5-6-13-20(19)29-23(22)25-21(26)15-14-17-10-7-9-16-8-3-4-11-18(16)17/h3-4,7-11H,2,5-6,12-15H2,1H3,(H,25,26). The molecule has 5 heteroatoms. The number of aryl methyl sites for hydroxylation is 2. The summed E-state index contributed by atoms with van der Waals surface area (Å²) in [5.41, 5.74) is 2.81. The maximum absolute atomic E-state index is 12.7. The Hall–Kier alpha value is -2.66. The highest BCUT2D eigenvalue weighted by Gasteiger charge is 2.27. The Morgan fingerprint density at radius 1 is 1.07 bits per heavy atom. The van der Waals surface area contributed by atoms with Crippen LogP contribution in [0.15, 0.2) is 42.5 Å². The van der Waals surface area contributed by atoms with Gasteiger partial charge < -0.3 is 10.1 Å². The third-order valence-corrected chi connectivity index (χ3v) is 6.61. The number of benzene rings is 2. The van der Waals surface area contributed by atoms with Crippen LogP contribution in [-0.2, 0) is 28.8 Å². The summed E-state index contributed by atoms with van der Waals surface area (Å²) in [5.74, 6) is -0.390. The van der Waals surface area contributed by atoms with Crippen LogP contribution in [0.5, 0.6) is 0 Å². The fourth-order valence-electron chi connectivity index (χ4n) is 4.02. The van der Waals surface area contributed by atoms with Crippen LogP contribution in [-0.4, -0.2) is 18.5 Å². The van der Waals surface area contributed by atoms with Gasteiger partial charge >= 0.3 is 5.97 Å². The minimum Gasteiger partial charge on any atom is -0.462 e. The Balaban J connectivity index is 1.51. The number of thiophene rings is 1. The predicted molar refractivity (Wildman–Crippen MR) is 118 cm³/mol. The Morgan fingerprint density at radius 2 is 1.86 bits per heavy atom. The molecule has 0 bridgehead atoms. The van der Waals surface area contributed by atoms with Gasteiger partial charge in [0.2, 0.25) is 5.91 Å². The zero-order valence-electron chi connectivity index (χ0n) is 16.6. The number of carbonyl (C=O) groups excluding carboxylic acids is 2. The number of carbonyl (C=O) groups is 2. The van der Waals surface area contributed by atoms with Gasteiger partial charge in [0, 0.05) is 11.3 Å². The highest BCUT2D eigenvalue weighted by molar-refractivity contribution is 7.17. The summed E-state index contributed by atoms with van der Waals surface area (Å²) in [7, 11) is 0. The van der Waals surface area contributed by atoms with Gasteiger partial charge in [-0.05, 0) is 60.9 Å². The van der Waals surface area contributed by atoms with Gasteiger partial charge in [-0.2, -0.15) is 0 Å². The molecule has 0 fully saturated rings. The Labute approximate surface area is 174 Å². The van der Waals surface area contributed by atoms with Gasteiger partial charge in [0.25, 0.3) is 0 Å². The number of hydrogen-bond donors (Lipinski definition) is 1. The first-order valence-corrected chi connectivity index (χ1v) is 11.1. The molecule has 0 radical (unpaired) electrons. The second-order valence-electron chi connectivity index (χ2n) is 7.32. The molecule has 29 heavy (non-hydrogen) atoms. The van der Waals surface area contributed by atoms with Gasteiger partial charge in [-0.1, -0.05) is 42.5 Å². The fraction of sp³-hybridized carbons (Fsp3) is 0.333. The summed E-state index contributed by atoms with van der Waals surface area (Å²) in [5, 5.41) is 6.02. The molecule has 4 nitrogen and oxygen atoms in total. The Bertz CT molecular complexity index is 1050. The van der Waals surface area contributed by atoms with Crippen molar-refractivity contribution in [1.82, 2.24) is 0 Å². The zero-order valence-corrected chi connectivity index (χ0v) is 17.4. The lowest BCUT2D eigenvalue weighted by atomic mass is 9.95. The van der Waals surface area contributed by atoms with E-state index in [1.807, 2.05) is 18.2 Å². The summed E-state index contributed by atoms with van der Waals surface area (Å²) in [4.78, 5) is 26.5. The van der Waals surface area contributed by atoms with Crippen molar-refractivity contribution in [1.29, 1.82) is 0 Å². The van der Waals surface area contributed by atoms with E-state index in [1.54, 1.807) is 6.92 Å². The number of esters is 1. The maximum atomic E-state index is 12.7. The van der Waals surface area contributed by atoms with Crippen molar-refractivity contribution < 1.29 is 14.3 Å². The van der Waals surface area contributed by atoms with Gasteiger partial charge in [0.05, 0.1) is 12.2 Å². The lowest BCUT2D eigenvalue weighted by molar-refractivity contribution is -0.116. The van der Waals surface area contributed by atoms with Crippen LogP contribution in [0.2, 0.25) is 0 Å². The van der Waals surface area contributed by atoms with E-state index in [9.17, 15) is 9.59 Å². The van der Waals surface area contributed by atoms with Crippen LogP contribution in [0.3, 0.4) is 0 Å². The van der Waals surface area contributed by atoms with E-state index in [-0.39, 0.29) is 11.9 Å². The molecule has 2 aromatic carbocycles. The number of hydrogen-bond acceptors (Lipinski definition) is 4. The van der Waals surface area contributed by atoms with E-state index in [1.165, 1.54) is 27.0 Å². The summed E-state index contributed by atoms with van der Waals surface area (Å²) < 4.78 is 5.27. The van der Waals surface area contributed by atoms with Gasteiger partial charge in [0.15, 0.2) is 0 Å². The van der Waals surface area contributed by atoms with Gasteiger partial charge in [0.1, 0.15) is 5.00 Å². The highest BCUT2D eigenvalue weighted by Crippen LogP contribution is 2.38. The van der Waals surface area contributed by atoms with Crippen molar-refractivity contribution in [2.75, 3.05) is 11.9 Å². The largest absolute Gasteiger partial charge is 0.462 e. The number of rotatable bonds is 6. The topological polar surface area (TPSA) is 55.4 Å². The molecule has 0 aliphatic heterocycles. The van der Waals surface area contributed by atoms with Crippen LogP contribution in [0, 0.1) is 0 Å². The van der Waals surface area contributed by atoms with Gasteiger partial charge in [-0.25, -0.2) is 4.79 Å². The molecular formula is C24H25NO3S. The second-order valence-corrected chi connectivity index (χ2v) is 8.43. The van der Waals surface area contributed by atoms with Crippen molar-refractivity contribution >= 4 is 39.0 Å². The lowest BCUT2D eigenvalue weighted by Gasteiger charge is -2.12. The van der Waals surface area contributed by atoms with Crippen LogP contribution in [0.25, 0.3) is 10.8 Å². The monoisotopic (exact) mass is 407 g/mol. The first-order chi connectivity index (χ1) is 14.2. The van der Waals surface area contributed by atoms with Crippen LogP contribution in [0.4, 0.5) is 5.00 Å². The first kappa shape index (κ1) is 19.6. The molecular weight excluding hydrogens is 382 g/mol. The number of anilines is 1. The van der Waals surface area contributed by atoms with Crippen molar-refractivity contribution in [3.8, 4) is 0 Å². The molecule has 1 amide bonds. The number of nitrogens with one attached hydrogen (secondary N) is 1. The van der Waals surface area contributed by atoms with Crippen molar-refractivity contribution in [2.45, 2.75) is 45.4 Å². The average molecular weight is 408 g/mol. The van der Waals surface area contributed by atoms with Crippen molar-refractivity contribution in [2.24, 2.45) is 0 Å². The average Bonchev–Trinajstić information content (AvgIpc) is 3.10. The maximum Gasteiger partial charge on any atom is 0.341 e. The molecule has 4 rings (SSSR count). The molecule has 1 N–H and O–H groups in total. The molecule has 1 aliphatic rings. The van der Waals surface area contributed by atoms with Crippen LogP contribution < -0.4 is 5.32 Å². The third-order valence-electron chi connectivity index (χ3n) is 5.41. The Morgan fingerprint density at radius 3 is 2.72 bits per heavy atom. The van der Waals surface area contributed by atoms with E-state index in [4.69, 9.17) is 4.74 Å². The van der Waals surface area contributed by atoms with Crippen LogP contribution >= 0.6 is 11.3 Å². The minimum atomic E-state index is -0.323. The highest BCUT2D eigenvalue weighted by atomic mass is 32.1. The fourth-order valence-corrected chi connectivity index (χ4v) is 5.31. The predicted octanol–water partition coefficient (Wildman–Crippen LogP) is 5.53. The van der Waals surface area contributed by atoms with Crippen molar-refractivity contribution in [3.05, 3.63) is 64.0 Å². The lowest BCUT2D eigenvalue weighted by Crippen LogP contribution is -2.16. The van der Waals surface area contributed by atoms with E-state index in [0.29, 0.717) is 30.0 Å². The van der Waals surface area contributed by atoms with E-state index >= 15 is 0 Å². The molecule has 1 heterocycles. The Kier molecular flexibility index (Phi) is 5.95. The van der Waals surface area contributed by atoms with E-state index < -0.39 is 0 Å². The molecule has 0 atom stereocenters. The van der Waals surface area contributed by atoms with Gasteiger partial charge in [-0.15, -0.1) is 11.3 Å². The van der Waals surface area contributed by atoms with Crippen molar-refractivity contribution in [3.63, 3.8) is 0 Å². The van der Waals surface area contributed by atoms with E-state index in [2.05, 4.69) is 29.6 Å². The van der Waals surface area contributed by atoms with E-state index in [0.717, 1.165) is 36.8 Å². The smallest absolute Gasteiger partial charge is 0.341 e. The van der Waals surface area contributed by atoms with Gasteiger partial charge in [-0.3, -0.25) is 4.79 Å². The molecule has 0 unspecified atom stereocenters. The molecule has 1 aromatic heterocycles. The number of amides is 1. The summed E-state index contributed by atoms with van der Waals surface area (Å²) >= 11 is 1.54. The normalized spacial score (nSPS) is 13.1. The quantitative estimate of drug-likeness (QED) is 0.547. The van der Waals surface area contributed by atoms with Crippen LogP contribution in [0.1, 0.15) is 52.5 Å². The summed E-state index contributed by atoms with van der Waals surface area (Å²) in [6, 6.07) is 14.4. The molecule has 0 saturated carbocycles. The first-order valence-electron chi connectivity index (χ1n) is 10.3. The SMILES string of the molecule is CCOC(=O)c1c(NC(=O)CCc2cccc3ccccc23)sc2c1CCCC2. The molecule has 0 spiro atoms.